The predicted molar refractivity (Wildman–Crippen MR) is 108 cm³/mol. The van der Waals surface area contributed by atoms with Crippen molar-refractivity contribution in [2.75, 3.05) is 13.1 Å². The summed E-state index contributed by atoms with van der Waals surface area (Å²) in [5, 5.41) is 4.81. The summed E-state index contributed by atoms with van der Waals surface area (Å²) in [4.78, 5) is 12.7. The first-order valence-corrected chi connectivity index (χ1v) is 11.7. The molecule has 0 unspecified atom stereocenters. The molecule has 2 heterocycles. The number of hydrogen-bond acceptors (Lipinski definition) is 4. The van der Waals surface area contributed by atoms with Crippen LogP contribution in [0.15, 0.2) is 46.0 Å². The second-order valence-corrected chi connectivity index (χ2v) is 10.1. The Hall–Kier alpha value is -1.70. The monoisotopic (exact) mass is 406 g/mol. The number of benzene rings is 1. The van der Waals surface area contributed by atoms with Gasteiger partial charge in [-0.05, 0) is 48.8 Å². The van der Waals surface area contributed by atoms with Gasteiger partial charge >= 0.3 is 0 Å². The summed E-state index contributed by atoms with van der Waals surface area (Å²) in [5.41, 5.74) is 2.32. The van der Waals surface area contributed by atoms with Crippen molar-refractivity contribution in [3.05, 3.63) is 52.9 Å². The highest BCUT2D eigenvalue weighted by atomic mass is 32.2. The molecule has 1 amide bonds. The van der Waals surface area contributed by atoms with E-state index in [0.29, 0.717) is 23.6 Å². The zero-order valence-electron chi connectivity index (χ0n) is 15.7. The third-order valence-corrected chi connectivity index (χ3v) is 8.33. The normalized spacial score (nSPS) is 19.6. The number of sulfonamides is 1. The zero-order chi connectivity index (χ0) is 19.4. The number of carbonyl (C=O) groups is 1. The van der Waals surface area contributed by atoms with Gasteiger partial charge in [0.1, 0.15) is 4.21 Å². The molecule has 2 aromatic rings. The Balaban J connectivity index is 1.64. The number of piperidine rings is 1. The lowest BCUT2D eigenvalue weighted by Gasteiger charge is -2.31. The van der Waals surface area contributed by atoms with Crippen LogP contribution >= 0.6 is 11.3 Å². The summed E-state index contributed by atoms with van der Waals surface area (Å²) >= 11 is 1.21. The van der Waals surface area contributed by atoms with E-state index in [2.05, 4.69) is 24.4 Å². The molecule has 27 heavy (non-hydrogen) atoms. The summed E-state index contributed by atoms with van der Waals surface area (Å²) in [6, 6.07) is 11.5. The molecule has 1 saturated heterocycles. The molecule has 1 aliphatic rings. The number of aryl methyl sites for hydroxylation is 1. The van der Waals surface area contributed by atoms with Crippen molar-refractivity contribution in [3.63, 3.8) is 0 Å². The smallest absolute Gasteiger partial charge is 0.252 e. The minimum absolute atomic E-state index is 0.0758. The van der Waals surface area contributed by atoms with E-state index in [4.69, 9.17) is 0 Å². The molecule has 146 valence electrons. The Labute approximate surface area is 165 Å². The molecule has 1 fully saturated rings. The molecule has 0 saturated carbocycles. The highest BCUT2D eigenvalue weighted by molar-refractivity contribution is 7.91. The molecular formula is C20H26N2O3S2. The molecule has 0 spiro atoms. The number of rotatable bonds is 6. The lowest BCUT2D eigenvalue weighted by Crippen LogP contribution is -2.45. The standard InChI is InChI=1S/C20H26N2O3S2/c1-3-16-8-10-17(11-9-16)15(2)21-20(23)18-6-4-12-22(14-18)27(24,25)19-7-5-13-26-19/h5,7-11,13,15,18H,3-4,6,12,14H2,1-2H3,(H,21,23)/t15-,18-/m0/s1. The van der Waals surface area contributed by atoms with Crippen molar-refractivity contribution in [2.45, 2.75) is 43.4 Å². The van der Waals surface area contributed by atoms with Crippen LogP contribution in [-0.4, -0.2) is 31.7 Å². The molecule has 1 aliphatic heterocycles. The Kier molecular flexibility index (Phi) is 6.34. The Morgan fingerprint density at radius 3 is 2.67 bits per heavy atom. The van der Waals surface area contributed by atoms with E-state index in [-0.39, 0.29) is 24.4 Å². The molecule has 0 radical (unpaired) electrons. The van der Waals surface area contributed by atoms with E-state index in [0.717, 1.165) is 12.0 Å². The summed E-state index contributed by atoms with van der Waals surface area (Å²) in [6.45, 7) is 4.78. The summed E-state index contributed by atoms with van der Waals surface area (Å²) in [5.74, 6) is -0.390. The lowest BCUT2D eigenvalue weighted by molar-refractivity contribution is -0.126. The number of carbonyl (C=O) groups excluding carboxylic acids is 1. The van der Waals surface area contributed by atoms with Gasteiger partial charge in [0.2, 0.25) is 5.91 Å². The molecule has 7 heteroatoms. The molecule has 0 bridgehead atoms. The van der Waals surface area contributed by atoms with Gasteiger partial charge in [0, 0.05) is 13.1 Å². The first-order chi connectivity index (χ1) is 12.9. The van der Waals surface area contributed by atoms with Gasteiger partial charge in [-0.25, -0.2) is 8.42 Å². The molecule has 3 rings (SSSR count). The summed E-state index contributed by atoms with van der Waals surface area (Å²) in [6.07, 6.45) is 2.39. The zero-order valence-corrected chi connectivity index (χ0v) is 17.4. The van der Waals surface area contributed by atoms with Gasteiger partial charge in [0.05, 0.1) is 12.0 Å². The van der Waals surface area contributed by atoms with Crippen molar-refractivity contribution >= 4 is 27.3 Å². The van der Waals surface area contributed by atoms with E-state index in [1.165, 1.54) is 21.2 Å². The molecule has 1 aromatic carbocycles. The van der Waals surface area contributed by atoms with Crippen LogP contribution in [0, 0.1) is 5.92 Å². The molecule has 1 N–H and O–H groups in total. The lowest BCUT2D eigenvalue weighted by atomic mass is 9.97. The molecule has 2 atom stereocenters. The van der Waals surface area contributed by atoms with Crippen LogP contribution in [-0.2, 0) is 21.2 Å². The third kappa shape index (κ3) is 4.59. The average molecular weight is 407 g/mol. The Bertz CT molecular complexity index is 861. The van der Waals surface area contributed by atoms with Crippen LogP contribution in [0.5, 0.6) is 0 Å². The fraction of sp³-hybridized carbons (Fsp3) is 0.450. The van der Waals surface area contributed by atoms with Crippen molar-refractivity contribution in [1.29, 1.82) is 0 Å². The minimum atomic E-state index is -3.50. The van der Waals surface area contributed by atoms with Gasteiger partial charge in [-0.3, -0.25) is 4.79 Å². The van der Waals surface area contributed by atoms with Crippen LogP contribution in [0.4, 0.5) is 0 Å². The van der Waals surface area contributed by atoms with Gasteiger partial charge in [-0.1, -0.05) is 37.3 Å². The largest absolute Gasteiger partial charge is 0.349 e. The molecule has 0 aliphatic carbocycles. The second-order valence-electron chi connectivity index (χ2n) is 6.96. The number of thiophene rings is 1. The van der Waals surface area contributed by atoms with Gasteiger partial charge in [-0.2, -0.15) is 4.31 Å². The maximum absolute atomic E-state index is 12.7. The second kappa shape index (κ2) is 8.54. The van der Waals surface area contributed by atoms with Crippen LogP contribution in [0.2, 0.25) is 0 Å². The molecular weight excluding hydrogens is 380 g/mol. The molecule has 5 nitrogen and oxygen atoms in total. The maximum Gasteiger partial charge on any atom is 0.252 e. The summed E-state index contributed by atoms with van der Waals surface area (Å²) in [7, 11) is -3.50. The van der Waals surface area contributed by atoms with Crippen molar-refractivity contribution in [3.8, 4) is 0 Å². The minimum Gasteiger partial charge on any atom is -0.349 e. The summed E-state index contributed by atoms with van der Waals surface area (Å²) < 4.78 is 27.2. The topological polar surface area (TPSA) is 66.5 Å². The van der Waals surface area contributed by atoms with Crippen LogP contribution < -0.4 is 5.32 Å². The molecule has 1 aromatic heterocycles. The number of amides is 1. The van der Waals surface area contributed by atoms with E-state index in [9.17, 15) is 13.2 Å². The SMILES string of the molecule is CCc1ccc([C@H](C)NC(=O)[C@H]2CCCN(S(=O)(=O)c3cccs3)C2)cc1. The Morgan fingerprint density at radius 2 is 2.04 bits per heavy atom. The van der Waals surface area contributed by atoms with Gasteiger partial charge < -0.3 is 5.32 Å². The number of hydrogen-bond donors (Lipinski definition) is 1. The first-order valence-electron chi connectivity index (χ1n) is 9.34. The van der Waals surface area contributed by atoms with E-state index < -0.39 is 10.0 Å². The van der Waals surface area contributed by atoms with Gasteiger partial charge in [0.15, 0.2) is 0 Å². The fourth-order valence-electron chi connectivity index (χ4n) is 3.37. The quantitative estimate of drug-likeness (QED) is 0.797. The number of nitrogens with one attached hydrogen (secondary N) is 1. The van der Waals surface area contributed by atoms with Crippen LogP contribution in [0.25, 0.3) is 0 Å². The first kappa shape index (κ1) is 20.0. The van der Waals surface area contributed by atoms with Crippen molar-refractivity contribution in [1.82, 2.24) is 9.62 Å². The van der Waals surface area contributed by atoms with E-state index >= 15 is 0 Å². The third-order valence-electron chi connectivity index (χ3n) is 5.09. The van der Waals surface area contributed by atoms with Crippen molar-refractivity contribution in [2.24, 2.45) is 5.92 Å². The predicted octanol–water partition coefficient (Wildman–Crippen LogP) is 3.59. The fourth-order valence-corrected chi connectivity index (χ4v) is 6.04. The van der Waals surface area contributed by atoms with E-state index in [1.54, 1.807) is 17.5 Å². The van der Waals surface area contributed by atoms with Crippen molar-refractivity contribution < 1.29 is 13.2 Å². The highest BCUT2D eigenvalue weighted by Gasteiger charge is 2.34. The Morgan fingerprint density at radius 1 is 1.30 bits per heavy atom. The maximum atomic E-state index is 12.7. The average Bonchev–Trinajstić information content (AvgIpc) is 3.24. The van der Waals surface area contributed by atoms with Crippen LogP contribution in [0.3, 0.4) is 0 Å². The van der Waals surface area contributed by atoms with Gasteiger partial charge in [0.25, 0.3) is 10.0 Å². The number of nitrogens with zero attached hydrogens (tertiary/aromatic N) is 1. The van der Waals surface area contributed by atoms with E-state index in [1.807, 2.05) is 19.1 Å². The van der Waals surface area contributed by atoms with Gasteiger partial charge in [-0.15, -0.1) is 11.3 Å². The van der Waals surface area contributed by atoms with Crippen LogP contribution in [0.1, 0.15) is 43.9 Å². The highest BCUT2D eigenvalue weighted by Crippen LogP contribution is 2.27.